The highest BCUT2D eigenvalue weighted by molar-refractivity contribution is 6.30. The number of nitrogens with one attached hydrogen (secondary N) is 1. The minimum Gasteiger partial charge on any atom is -0.356 e. The van der Waals surface area contributed by atoms with Crippen molar-refractivity contribution in [3.05, 3.63) is 47.3 Å². The number of halogens is 1. The Labute approximate surface area is 167 Å². The van der Waals surface area contributed by atoms with Crippen LogP contribution in [-0.2, 0) is 17.6 Å². The zero-order valence-electron chi connectivity index (χ0n) is 15.3. The van der Waals surface area contributed by atoms with Crippen molar-refractivity contribution in [3.63, 3.8) is 0 Å². The first kappa shape index (κ1) is 18.6. The highest BCUT2D eigenvalue weighted by Gasteiger charge is 2.25. The highest BCUT2D eigenvalue weighted by Crippen LogP contribution is 2.35. The molecule has 1 N–H and O–H groups in total. The second-order valence-corrected chi connectivity index (χ2v) is 7.29. The number of amides is 1. The van der Waals surface area contributed by atoms with E-state index in [1.165, 1.54) is 12.8 Å². The van der Waals surface area contributed by atoms with Gasteiger partial charge in [0.15, 0.2) is 0 Å². The Balaban J connectivity index is 1.17. The predicted molar refractivity (Wildman–Crippen MR) is 103 cm³/mol. The van der Waals surface area contributed by atoms with Crippen molar-refractivity contribution in [2.24, 2.45) is 0 Å². The Morgan fingerprint density at radius 1 is 1.25 bits per heavy atom. The van der Waals surface area contributed by atoms with E-state index in [-0.39, 0.29) is 5.91 Å². The van der Waals surface area contributed by atoms with E-state index in [4.69, 9.17) is 16.1 Å². The first-order valence-electron chi connectivity index (χ1n) is 9.42. The third-order valence-electron chi connectivity index (χ3n) is 4.62. The number of carbonyl (C=O) groups excluding carboxylic acids is 1. The third kappa shape index (κ3) is 4.75. The third-order valence-corrected chi connectivity index (χ3v) is 4.88. The van der Waals surface area contributed by atoms with Gasteiger partial charge >= 0.3 is 0 Å². The molecule has 0 bridgehead atoms. The van der Waals surface area contributed by atoms with Gasteiger partial charge in [0, 0.05) is 42.4 Å². The highest BCUT2D eigenvalue weighted by atomic mass is 35.5. The molecule has 4 rings (SSSR count). The van der Waals surface area contributed by atoms with Gasteiger partial charge in [-0.2, -0.15) is 4.98 Å². The Morgan fingerprint density at radius 2 is 2.07 bits per heavy atom. The number of hydrogen-bond acceptors (Lipinski definition) is 6. The first-order chi connectivity index (χ1) is 13.7. The molecule has 1 aromatic carbocycles. The molecule has 1 fully saturated rings. The zero-order valence-corrected chi connectivity index (χ0v) is 16.1. The summed E-state index contributed by atoms with van der Waals surface area (Å²) in [6.45, 7) is 0.561. The van der Waals surface area contributed by atoms with E-state index < -0.39 is 0 Å². The van der Waals surface area contributed by atoms with E-state index in [2.05, 4.69) is 30.2 Å². The van der Waals surface area contributed by atoms with E-state index in [1.807, 2.05) is 12.1 Å². The lowest BCUT2D eigenvalue weighted by molar-refractivity contribution is -0.121. The molecule has 8 nitrogen and oxygen atoms in total. The monoisotopic (exact) mass is 400 g/mol. The van der Waals surface area contributed by atoms with Gasteiger partial charge < -0.3 is 14.4 Å². The van der Waals surface area contributed by atoms with Crippen molar-refractivity contribution in [2.45, 2.75) is 44.6 Å². The van der Waals surface area contributed by atoms with Crippen molar-refractivity contribution in [1.29, 1.82) is 0 Å². The van der Waals surface area contributed by atoms with Crippen LogP contribution in [0.2, 0.25) is 5.02 Å². The van der Waals surface area contributed by atoms with Crippen LogP contribution in [-0.4, -0.2) is 37.4 Å². The van der Waals surface area contributed by atoms with Crippen LogP contribution in [0, 0.1) is 0 Å². The topological polar surface area (TPSA) is 98.7 Å². The van der Waals surface area contributed by atoms with Crippen molar-refractivity contribution in [3.8, 4) is 11.4 Å². The average Bonchev–Trinajstić information content (AvgIpc) is 3.24. The summed E-state index contributed by atoms with van der Waals surface area (Å²) in [6, 6.07) is 7.80. The summed E-state index contributed by atoms with van der Waals surface area (Å²) in [5.41, 5.74) is 0.844. The van der Waals surface area contributed by atoms with Crippen LogP contribution in [0.1, 0.15) is 43.4 Å². The standard InChI is InChI=1S/C19H21ClN6O2/c20-14-6-4-13(5-7-14)19-23-18(28-25-19)3-1-2-17(27)21-11-10-16-24-22-12-26(16)15-8-9-15/h4-7,12,15H,1-3,8-11H2,(H,21,27). The summed E-state index contributed by atoms with van der Waals surface area (Å²) in [5, 5.41) is 15.7. The van der Waals surface area contributed by atoms with E-state index in [0.717, 1.165) is 11.4 Å². The molecular formula is C19H21ClN6O2. The van der Waals surface area contributed by atoms with Gasteiger partial charge in [0.25, 0.3) is 0 Å². The van der Waals surface area contributed by atoms with Gasteiger partial charge in [-0.05, 0) is 43.5 Å². The Kier molecular flexibility index (Phi) is 5.66. The summed E-state index contributed by atoms with van der Waals surface area (Å²) < 4.78 is 7.37. The lowest BCUT2D eigenvalue weighted by Gasteiger charge is -2.06. The summed E-state index contributed by atoms with van der Waals surface area (Å²) in [6.07, 6.45) is 6.46. The van der Waals surface area contributed by atoms with Gasteiger partial charge in [-0.3, -0.25) is 4.79 Å². The Morgan fingerprint density at radius 3 is 2.86 bits per heavy atom. The largest absolute Gasteiger partial charge is 0.356 e. The summed E-state index contributed by atoms with van der Waals surface area (Å²) in [5.74, 6) is 1.99. The predicted octanol–water partition coefficient (Wildman–Crippen LogP) is 3.00. The maximum absolute atomic E-state index is 12.0. The van der Waals surface area contributed by atoms with E-state index >= 15 is 0 Å². The lowest BCUT2D eigenvalue weighted by atomic mass is 10.2. The molecule has 0 saturated heterocycles. The molecule has 1 amide bonds. The molecule has 0 aliphatic heterocycles. The van der Waals surface area contributed by atoms with Crippen LogP contribution in [0.25, 0.3) is 11.4 Å². The molecule has 0 unspecified atom stereocenters. The van der Waals surface area contributed by atoms with Crippen LogP contribution >= 0.6 is 11.6 Å². The first-order valence-corrected chi connectivity index (χ1v) is 9.80. The molecule has 1 saturated carbocycles. The molecular weight excluding hydrogens is 380 g/mol. The van der Waals surface area contributed by atoms with Gasteiger partial charge in [0.1, 0.15) is 12.2 Å². The molecule has 9 heteroatoms. The van der Waals surface area contributed by atoms with Crippen molar-refractivity contribution < 1.29 is 9.32 Å². The van der Waals surface area contributed by atoms with Crippen LogP contribution in [0.5, 0.6) is 0 Å². The smallest absolute Gasteiger partial charge is 0.226 e. The number of aryl methyl sites for hydroxylation is 1. The molecule has 0 spiro atoms. The second-order valence-electron chi connectivity index (χ2n) is 6.86. The molecule has 2 heterocycles. The van der Waals surface area contributed by atoms with Gasteiger partial charge in [0.2, 0.25) is 17.6 Å². The second kappa shape index (κ2) is 8.52. The molecule has 0 radical (unpaired) electrons. The van der Waals surface area contributed by atoms with E-state index in [1.54, 1.807) is 18.5 Å². The van der Waals surface area contributed by atoms with Crippen LogP contribution in [0.3, 0.4) is 0 Å². The number of benzene rings is 1. The normalized spacial score (nSPS) is 13.6. The Bertz CT molecular complexity index is 932. The zero-order chi connectivity index (χ0) is 19.3. The van der Waals surface area contributed by atoms with Gasteiger partial charge in [0.05, 0.1) is 0 Å². The van der Waals surface area contributed by atoms with E-state index in [9.17, 15) is 4.79 Å². The van der Waals surface area contributed by atoms with Gasteiger partial charge in [-0.15, -0.1) is 10.2 Å². The molecule has 2 aromatic heterocycles. The molecule has 0 atom stereocenters. The van der Waals surface area contributed by atoms with Gasteiger partial charge in [-0.1, -0.05) is 16.8 Å². The number of hydrogen-bond donors (Lipinski definition) is 1. The van der Waals surface area contributed by atoms with Crippen LogP contribution in [0.4, 0.5) is 0 Å². The lowest BCUT2D eigenvalue weighted by Crippen LogP contribution is -2.26. The molecule has 146 valence electrons. The maximum Gasteiger partial charge on any atom is 0.226 e. The average molecular weight is 401 g/mol. The summed E-state index contributed by atoms with van der Waals surface area (Å²) in [7, 11) is 0. The van der Waals surface area contributed by atoms with Crippen molar-refractivity contribution in [1.82, 2.24) is 30.2 Å². The summed E-state index contributed by atoms with van der Waals surface area (Å²) in [4.78, 5) is 16.4. The number of aromatic nitrogens is 5. The van der Waals surface area contributed by atoms with Gasteiger partial charge in [-0.25, -0.2) is 0 Å². The van der Waals surface area contributed by atoms with E-state index in [0.29, 0.717) is 55.0 Å². The molecule has 1 aliphatic carbocycles. The molecule has 3 aromatic rings. The fourth-order valence-corrected chi connectivity index (χ4v) is 3.10. The fraction of sp³-hybridized carbons (Fsp3) is 0.421. The SMILES string of the molecule is O=C(CCCc1nc(-c2ccc(Cl)cc2)no1)NCCc1nncn1C1CC1. The molecule has 1 aliphatic rings. The summed E-state index contributed by atoms with van der Waals surface area (Å²) >= 11 is 5.88. The number of carbonyl (C=O) groups is 1. The Hall–Kier alpha value is -2.74. The number of rotatable bonds is 9. The quantitative estimate of drug-likeness (QED) is 0.592. The maximum atomic E-state index is 12.0. The van der Waals surface area contributed by atoms with Crippen molar-refractivity contribution in [2.75, 3.05) is 6.54 Å². The van der Waals surface area contributed by atoms with Crippen molar-refractivity contribution >= 4 is 17.5 Å². The fourth-order valence-electron chi connectivity index (χ4n) is 2.98. The van der Waals surface area contributed by atoms with Crippen LogP contribution < -0.4 is 5.32 Å². The minimum absolute atomic E-state index is 0.00919. The minimum atomic E-state index is 0.00919. The number of nitrogens with zero attached hydrogens (tertiary/aromatic N) is 5. The van der Waals surface area contributed by atoms with Crippen LogP contribution in [0.15, 0.2) is 35.1 Å². The molecule has 28 heavy (non-hydrogen) atoms.